The van der Waals surface area contributed by atoms with Gasteiger partial charge < -0.3 is 33.6 Å². The lowest BCUT2D eigenvalue weighted by atomic mass is 10.0. The van der Waals surface area contributed by atoms with Gasteiger partial charge in [-0.1, -0.05) is 6.07 Å². The summed E-state index contributed by atoms with van der Waals surface area (Å²) < 4.78 is 22.7. The average Bonchev–Trinajstić information content (AvgIpc) is 3.08. The first kappa shape index (κ1) is 30.0. The van der Waals surface area contributed by atoms with Gasteiger partial charge in [0.05, 0.1) is 43.3 Å². The number of methoxy groups -OCH3 is 1. The van der Waals surface area contributed by atoms with Crippen molar-refractivity contribution in [3.05, 3.63) is 54.0 Å². The topological polar surface area (TPSA) is 106 Å². The number of rotatable bonds is 12. The van der Waals surface area contributed by atoms with Crippen LogP contribution in [-0.2, 0) is 27.2 Å². The number of pyridine rings is 1. The van der Waals surface area contributed by atoms with Gasteiger partial charge in [0.15, 0.2) is 6.79 Å². The maximum absolute atomic E-state index is 10.8. The third-order valence-corrected chi connectivity index (χ3v) is 8.31. The summed E-state index contributed by atoms with van der Waals surface area (Å²) in [5.74, 6) is 1.69. The molecule has 12 heteroatoms. The van der Waals surface area contributed by atoms with Crippen molar-refractivity contribution in [1.82, 2.24) is 24.8 Å². The molecule has 0 N–H and O–H groups in total. The number of benzene rings is 1. The summed E-state index contributed by atoms with van der Waals surface area (Å²) in [5.41, 5.74) is 4.07. The molecule has 5 heterocycles. The average molecular weight is 604 g/mol. The van der Waals surface area contributed by atoms with Crippen LogP contribution in [0.1, 0.15) is 17.7 Å². The minimum Gasteiger partial charge on any atom is -0.467 e. The van der Waals surface area contributed by atoms with Crippen molar-refractivity contribution in [3.8, 4) is 11.8 Å². The Kier molecular flexibility index (Phi) is 10.0. The quantitative estimate of drug-likeness (QED) is 0.131. The summed E-state index contributed by atoms with van der Waals surface area (Å²) in [6.45, 7) is 9.85. The molecule has 234 valence electrons. The molecule has 1 aromatic carbocycles. The number of carbonyl (C=O) groups is 1. The zero-order valence-corrected chi connectivity index (χ0v) is 25.4. The molecule has 0 bridgehead atoms. The number of anilines is 2. The maximum Gasteiger partial charge on any atom is 0.318 e. The number of morpholine rings is 1. The molecule has 0 amide bonds. The van der Waals surface area contributed by atoms with Gasteiger partial charge >= 0.3 is 6.01 Å². The van der Waals surface area contributed by atoms with E-state index in [0.29, 0.717) is 19.2 Å². The Morgan fingerprint density at radius 2 is 1.86 bits per heavy atom. The second-order valence-electron chi connectivity index (χ2n) is 11.2. The van der Waals surface area contributed by atoms with E-state index in [4.69, 9.17) is 33.9 Å². The first-order valence-electron chi connectivity index (χ1n) is 15.4. The highest BCUT2D eigenvalue weighted by atomic mass is 16.7. The van der Waals surface area contributed by atoms with Gasteiger partial charge in [-0.05, 0) is 31.1 Å². The number of aldehydes is 1. The highest BCUT2D eigenvalue weighted by Crippen LogP contribution is 2.36. The van der Waals surface area contributed by atoms with Crippen LogP contribution >= 0.6 is 0 Å². The molecular weight excluding hydrogens is 562 g/mol. The van der Waals surface area contributed by atoms with E-state index < -0.39 is 0 Å². The summed E-state index contributed by atoms with van der Waals surface area (Å²) in [6, 6.07) is 8.45. The lowest BCUT2D eigenvalue weighted by Crippen LogP contribution is -2.45. The lowest BCUT2D eigenvalue weighted by molar-refractivity contribution is -0.104. The molecule has 0 aliphatic carbocycles. The maximum atomic E-state index is 10.8. The number of hydrogen-bond acceptors (Lipinski definition) is 12. The van der Waals surface area contributed by atoms with Gasteiger partial charge in [0.25, 0.3) is 0 Å². The van der Waals surface area contributed by atoms with Crippen molar-refractivity contribution in [2.75, 3.05) is 95.9 Å². The highest BCUT2D eigenvalue weighted by molar-refractivity contribution is 5.92. The van der Waals surface area contributed by atoms with Crippen molar-refractivity contribution in [2.24, 2.45) is 0 Å². The number of carbonyl (C=O) groups excluding carboxylic acids is 1. The van der Waals surface area contributed by atoms with Gasteiger partial charge in [0.2, 0.25) is 0 Å². The van der Waals surface area contributed by atoms with E-state index in [0.717, 1.165) is 119 Å². The molecule has 0 saturated carbocycles. The summed E-state index contributed by atoms with van der Waals surface area (Å²) in [6.07, 6.45) is 7.75. The molecule has 3 aliphatic heterocycles. The molecule has 6 rings (SSSR count). The fourth-order valence-corrected chi connectivity index (χ4v) is 6.03. The van der Waals surface area contributed by atoms with Gasteiger partial charge in [-0.2, -0.15) is 9.97 Å². The number of piperazine rings is 1. The molecule has 12 nitrogen and oxygen atoms in total. The zero-order chi connectivity index (χ0) is 30.1. The van der Waals surface area contributed by atoms with Crippen LogP contribution < -0.4 is 19.3 Å². The van der Waals surface area contributed by atoms with Crippen molar-refractivity contribution in [2.45, 2.75) is 19.4 Å². The van der Waals surface area contributed by atoms with Crippen LogP contribution in [0.15, 0.2) is 42.7 Å². The summed E-state index contributed by atoms with van der Waals surface area (Å²) >= 11 is 0. The fraction of sp³-hybridized carbons (Fsp3) is 0.500. The first-order chi connectivity index (χ1) is 21.7. The van der Waals surface area contributed by atoms with Crippen molar-refractivity contribution in [3.63, 3.8) is 0 Å². The first-order valence-corrected chi connectivity index (χ1v) is 15.4. The smallest absolute Gasteiger partial charge is 0.318 e. The molecule has 0 unspecified atom stereocenters. The molecule has 3 aliphatic rings. The van der Waals surface area contributed by atoms with E-state index >= 15 is 0 Å². The van der Waals surface area contributed by atoms with Gasteiger partial charge in [-0.25, -0.2) is 0 Å². The SMILES string of the molecule is COCOc1cc(N2CCc3c(nc(OCCCN4CCOCC4)nc3N3CCN(C=CC=O)CC3)C2)c2ncccc2c1. The summed E-state index contributed by atoms with van der Waals surface area (Å²) in [5, 5.41) is 1.01. The van der Waals surface area contributed by atoms with E-state index in [2.05, 4.69) is 25.7 Å². The molecule has 2 fully saturated rings. The van der Waals surface area contributed by atoms with E-state index in [-0.39, 0.29) is 6.79 Å². The number of ether oxygens (including phenoxy) is 4. The Bertz CT molecular complexity index is 1440. The Morgan fingerprint density at radius 3 is 2.68 bits per heavy atom. The second-order valence-corrected chi connectivity index (χ2v) is 11.2. The van der Waals surface area contributed by atoms with E-state index in [1.165, 1.54) is 5.56 Å². The molecule has 2 saturated heterocycles. The number of fused-ring (bicyclic) bond motifs is 2. The third kappa shape index (κ3) is 7.20. The van der Waals surface area contributed by atoms with E-state index in [1.54, 1.807) is 13.2 Å². The summed E-state index contributed by atoms with van der Waals surface area (Å²) in [4.78, 5) is 34.7. The molecule has 0 spiro atoms. The molecular formula is C32H41N7O5. The van der Waals surface area contributed by atoms with E-state index in [1.807, 2.05) is 30.6 Å². The molecule has 0 atom stereocenters. The van der Waals surface area contributed by atoms with E-state index in [9.17, 15) is 4.79 Å². The Hall–Kier alpha value is -4.00. The zero-order valence-electron chi connectivity index (χ0n) is 25.4. The van der Waals surface area contributed by atoms with Gasteiger partial charge in [-0.3, -0.25) is 14.7 Å². The largest absolute Gasteiger partial charge is 0.467 e. The minimum atomic E-state index is 0.176. The highest BCUT2D eigenvalue weighted by Gasteiger charge is 2.28. The number of allylic oxidation sites excluding steroid dienone is 1. The monoisotopic (exact) mass is 603 g/mol. The second kappa shape index (κ2) is 14.7. The van der Waals surface area contributed by atoms with Crippen LogP contribution in [0.25, 0.3) is 10.9 Å². The predicted molar refractivity (Wildman–Crippen MR) is 167 cm³/mol. The van der Waals surface area contributed by atoms with Crippen LogP contribution in [-0.4, -0.2) is 117 Å². The molecule has 2 aromatic heterocycles. The minimum absolute atomic E-state index is 0.176. The van der Waals surface area contributed by atoms with Crippen molar-refractivity contribution < 1.29 is 23.7 Å². The number of nitrogens with zero attached hydrogens (tertiary/aromatic N) is 7. The van der Waals surface area contributed by atoms with Gasteiger partial charge in [0, 0.05) is 88.9 Å². The van der Waals surface area contributed by atoms with Crippen molar-refractivity contribution in [1.29, 1.82) is 0 Å². The van der Waals surface area contributed by atoms with Crippen LogP contribution in [0.4, 0.5) is 11.5 Å². The number of aromatic nitrogens is 3. The third-order valence-electron chi connectivity index (χ3n) is 8.31. The van der Waals surface area contributed by atoms with Crippen LogP contribution in [0.5, 0.6) is 11.8 Å². The normalized spacial score (nSPS) is 17.7. The molecule has 3 aromatic rings. The Balaban J connectivity index is 1.25. The lowest BCUT2D eigenvalue weighted by Gasteiger charge is -2.38. The van der Waals surface area contributed by atoms with Crippen LogP contribution in [0.3, 0.4) is 0 Å². The molecule has 44 heavy (non-hydrogen) atoms. The van der Waals surface area contributed by atoms with Crippen LogP contribution in [0, 0.1) is 0 Å². The summed E-state index contributed by atoms with van der Waals surface area (Å²) in [7, 11) is 1.62. The standard InChI is InChI=1S/C32H41N7O5/c1-41-24-44-26-21-25-5-2-7-33-30(25)29(22-26)39-10-6-27-28(23-39)34-32(43-18-4-9-37-15-19-42-20-16-37)35-31(27)38-13-11-36(12-14-38)8-3-17-40/h2-3,5,7-8,17,21-22H,4,6,9-16,18-20,23-24H2,1H3. The Labute approximate surface area is 258 Å². The fourth-order valence-electron chi connectivity index (χ4n) is 6.03. The molecule has 0 radical (unpaired) electrons. The predicted octanol–water partition coefficient (Wildman–Crippen LogP) is 2.51. The van der Waals surface area contributed by atoms with Gasteiger partial charge in [-0.15, -0.1) is 0 Å². The number of hydrogen-bond donors (Lipinski definition) is 0. The van der Waals surface area contributed by atoms with Gasteiger partial charge in [0.1, 0.15) is 17.9 Å². The van der Waals surface area contributed by atoms with Crippen molar-refractivity contribution >= 4 is 28.7 Å². The Morgan fingerprint density at radius 1 is 1.00 bits per heavy atom. The van der Waals surface area contributed by atoms with Crippen LogP contribution in [0.2, 0.25) is 0 Å².